The van der Waals surface area contributed by atoms with Crippen LogP contribution in [0.15, 0.2) is 18.2 Å². The number of ether oxygens (including phenoxy) is 1. The van der Waals surface area contributed by atoms with Gasteiger partial charge in [-0.3, -0.25) is 4.79 Å². The van der Waals surface area contributed by atoms with Gasteiger partial charge in [0.05, 0.1) is 13.2 Å². The highest BCUT2D eigenvalue weighted by Gasteiger charge is 2.03. The molecule has 1 aromatic rings. The zero-order valence-electron chi connectivity index (χ0n) is 9.04. The number of benzene rings is 1. The summed E-state index contributed by atoms with van der Waals surface area (Å²) in [6.45, 7) is 4.47. The van der Waals surface area contributed by atoms with Gasteiger partial charge in [0, 0.05) is 5.69 Å². The first-order valence-corrected chi connectivity index (χ1v) is 4.90. The average molecular weight is 208 g/mol. The molecule has 1 rings (SSSR count). The Hall–Kier alpha value is -1.55. The Bertz CT molecular complexity index is 350. The Balaban J connectivity index is 2.78. The summed E-state index contributed by atoms with van der Waals surface area (Å²) in [6.07, 6.45) is 0. The number of hydrogen-bond donors (Lipinski definition) is 2. The minimum Gasteiger partial charge on any atom is -0.494 e. The van der Waals surface area contributed by atoms with Gasteiger partial charge in [-0.2, -0.15) is 0 Å². The molecule has 4 heteroatoms. The van der Waals surface area contributed by atoms with E-state index in [9.17, 15) is 4.79 Å². The van der Waals surface area contributed by atoms with Crippen molar-refractivity contribution in [3.05, 3.63) is 23.8 Å². The van der Waals surface area contributed by atoms with Gasteiger partial charge in [0.2, 0.25) is 5.91 Å². The number of carbonyl (C=O) groups is 1. The number of aryl methyl sites for hydroxylation is 1. The molecule has 0 saturated heterocycles. The molecule has 4 nitrogen and oxygen atoms in total. The minimum absolute atomic E-state index is 0.00729. The fourth-order valence-electron chi connectivity index (χ4n) is 1.23. The van der Waals surface area contributed by atoms with Gasteiger partial charge in [-0.15, -0.1) is 0 Å². The van der Waals surface area contributed by atoms with E-state index >= 15 is 0 Å². The summed E-state index contributed by atoms with van der Waals surface area (Å²) >= 11 is 0. The van der Waals surface area contributed by atoms with Crippen molar-refractivity contribution >= 4 is 11.6 Å². The van der Waals surface area contributed by atoms with E-state index in [4.69, 9.17) is 10.5 Å². The van der Waals surface area contributed by atoms with Crippen molar-refractivity contribution in [1.82, 2.24) is 0 Å². The molecule has 0 radical (unpaired) electrons. The van der Waals surface area contributed by atoms with Crippen LogP contribution in [0, 0.1) is 6.92 Å². The van der Waals surface area contributed by atoms with Gasteiger partial charge >= 0.3 is 0 Å². The molecule has 0 aliphatic carbocycles. The normalized spacial score (nSPS) is 9.80. The largest absolute Gasteiger partial charge is 0.494 e. The lowest BCUT2D eigenvalue weighted by Crippen LogP contribution is -2.22. The predicted molar refractivity (Wildman–Crippen MR) is 60.0 cm³/mol. The highest BCUT2D eigenvalue weighted by molar-refractivity contribution is 5.92. The first kappa shape index (κ1) is 11.5. The van der Waals surface area contributed by atoms with Crippen molar-refractivity contribution in [2.24, 2.45) is 5.73 Å². The van der Waals surface area contributed by atoms with Gasteiger partial charge < -0.3 is 15.8 Å². The Labute approximate surface area is 89.4 Å². The molecule has 1 aromatic carbocycles. The van der Waals surface area contributed by atoms with Crippen LogP contribution in [0.4, 0.5) is 5.69 Å². The van der Waals surface area contributed by atoms with E-state index < -0.39 is 0 Å². The van der Waals surface area contributed by atoms with Crippen LogP contribution in [0.1, 0.15) is 12.5 Å². The fraction of sp³-hybridized carbons (Fsp3) is 0.364. The molecule has 0 aliphatic rings. The Morgan fingerprint density at radius 2 is 2.27 bits per heavy atom. The van der Waals surface area contributed by atoms with Gasteiger partial charge in [0.25, 0.3) is 0 Å². The average Bonchev–Trinajstić information content (AvgIpc) is 2.22. The third kappa shape index (κ3) is 3.25. The second-order valence-corrected chi connectivity index (χ2v) is 3.16. The maximum atomic E-state index is 11.1. The number of hydrogen-bond acceptors (Lipinski definition) is 3. The van der Waals surface area contributed by atoms with E-state index in [2.05, 4.69) is 5.32 Å². The lowest BCUT2D eigenvalue weighted by Gasteiger charge is -2.09. The predicted octanol–water partition coefficient (Wildman–Crippen LogP) is 1.29. The highest BCUT2D eigenvalue weighted by atomic mass is 16.5. The Morgan fingerprint density at radius 1 is 1.53 bits per heavy atom. The summed E-state index contributed by atoms with van der Waals surface area (Å²) in [5, 5.41) is 2.71. The smallest absolute Gasteiger partial charge is 0.238 e. The van der Waals surface area contributed by atoms with Crippen molar-refractivity contribution in [1.29, 1.82) is 0 Å². The summed E-state index contributed by atoms with van der Waals surface area (Å²) in [5.74, 6) is 0.614. The molecular weight excluding hydrogens is 192 g/mol. The van der Waals surface area contributed by atoms with Gasteiger partial charge in [-0.25, -0.2) is 0 Å². The molecule has 0 heterocycles. The number of nitrogens with two attached hydrogens (primary N) is 1. The molecule has 82 valence electrons. The molecule has 3 N–H and O–H groups in total. The van der Waals surface area contributed by atoms with Crippen molar-refractivity contribution < 1.29 is 9.53 Å². The van der Waals surface area contributed by atoms with Crippen LogP contribution in [0.25, 0.3) is 0 Å². The standard InChI is InChI=1S/C11H16N2O2/c1-3-15-9-4-5-10(8(2)6-9)13-11(14)7-12/h4-6H,3,7,12H2,1-2H3,(H,13,14). The molecule has 0 saturated carbocycles. The SMILES string of the molecule is CCOc1ccc(NC(=O)CN)c(C)c1. The Kier molecular flexibility index (Phi) is 4.12. The van der Waals surface area contributed by atoms with Crippen molar-refractivity contribution in [2.45, 2.75) is 13.8 Å². The molecule has 0 aromatic heterocycles. The van der Waals surface area contributed by atoms with E-state index in [0.29, 0.717) is 6.61 Å². The zero-order chi connectivity index (χ0) is 11.3. The lowest BCUT2D eigenvalue weighted by atomic mass is 10.2. The molecule has 0 bridgehead atoms. The molecule has 0 atom stereocenters. The molecule has 0 spiro atoms. The maximum absolute atomic E-state index is 11.1. The second-order valence-electron chi connectivity index (χ2n) is 3.16. The topological polar surface area (TPSA) is 64.3 Å². The van der Waals surface area contributed by atoms with Gasteiger partial charge in [-0.05, 0) is 37.6 Å². The van der Waals surface area contributed by atoms with E-state index in [1.54, 1.807) is 0 Å². The van der Waals surface area contributed by atoms with E-state index in [0.717, 1.165) is 17.0 Å². The second kappa shape index (κ2) is 5.36. The monoisotopic (exact) mass is 208 g/mol. The van der Waals surface area contributed by atoms with E-state index in [-0.39, 0.29) is 12.5 Å². The van der Waals surface area contributed by atoms with Crippen molar-refractivity contribution in [3.63, 3.8) is 0 Å². The summed E-state index contributed by atoms with van der Waals surface area (Å²) < 4.78 is 5.34. The quantitative estimate of drug-likeness (QED) is 0.783. The van der Waals surface area contributed by atoms with Crippen LogP contribution in [-0.2, 0) is 4.79 Å². The summed E-state index contributed by atoms with van der Waals surface area (Å²) in [5.41, 5.74) is 6.94. The van der Waals surface area contributed by atoms with Crippen molar-refractivity contribution in [2.75, 3.05) is 18.5 Å². The van der Waals surface area contributed by atoms with Crippen LogP contribution in [0.2, 0.25) is 0 Å². The van der Waals surface area contributed by atoms with Crippen LogP contribution in [0.3, 0.4) is 0 Å². The van der Waals surface area contributed by atoms with Gasteiger partial charge in [0.15, 0.2) is 0 Å². The number of nitrogens with one attached hydrogen (secondary N) is 1. The number of rotatable bonds is 4. The van der Waals surface area contributed by atoms with Crippen LogP contribution < -0.4 is 15.8 Å². The van der Waals surface area contributed by atoms with E-state index in [1.807, 2.05) is 32.0 Å². The third-order valence-corrected chi connectivity index (χ3v) is 1.97. The number of anilines is 1. The number of carbonyl (C=O) groups excluding carboxylic acids is 1. The Morgan fingerprint density at radius 3 is 2.80 bits per heavy atom. The first-order valence-electron chi connectivity index (χ1n) is 4.90. The van der Waals surface area contributed by atoms with Crippen LogP contribution >= 0.6 is 0 Å². The van der Waals surface area contributed by atoms with E-state index in [1.165, 1.54) is 0 Å². The molecule has 15 heavy (non-hydrogen) atoms. The molecule has 1 amide bonds. The summed E-state index contributed by atoms with van der Waals surface area (Å²) in [4.78, 5) is 11.1. The van der Waals surface area contributed by atoms with Gasteiger partial charge in [0.1, 0.15) is 5.75 Å². The number of amides is 1. The highest BCUT2D eigenvalue weighted by Crippen LogP contribution is 2.21. The third-order valence-electron chi connectivity index (χ3n) is 1.97. The zero-order valence-corrected chi connectivity index (χ0v) is 9.04. The summed E-state index contributed by atoms with van der Waals surface area (Å²) in [7, 11) is 0. The molecule has 0 aliphatic heterocycles. The fourth-order valence-corrected chi connectivity index (χ4v) is 1.23. The van der Waals surface area contributed by atoms with Crippen molar-refractivity contribution in [3.8, 4) is 5.75 Å². The minimum atomic E-state index is -0.192. The maximum Gasteiger partial charge on any atom is 0.238 e. The lowest BCUT2D eigenvalue weighted by molar-refractivity contribution is -0.114. The molecule has 0 unspecified atom stereocenters. The van der Waals surface area contributed by atoms with Crippen LogP contribution in [-0.4, -0.2) is 19.1 Å². The van der Waals surface area contributed by atoms with Gasteiger partial charge in [-0.1, -0.05) is 0 Å². The molecule has 0 fully saturated rings. The first-order chi connectivity index (χ1) is 7.17. The summed E-state index contributed by atoms with van der Waals surface area (Å²) in [6, 6.07) is 5.52. The van der Waals surface area contributed by atoms with Crippen LogP contribution in [0.5, 0.6) is 5.75 Å². The molecular formula is C11H16N2O2.